The van der Waals surface area contributed by atoms with E-state index in [0.29, 0.717) is 6.42 Å². The SMILES string of the molecule is CCOC(=O)c1cn(CCc2ccccc2Br)nc1C(F)(F)F. The van der Waals surface area contributed by atoms with Crippen LogP contribution in [0.5, 0.6) is 0 Å². The first-order valence-corrected chi connectivity index (χ1v) is 7.67. The first kappa shape index (κ1) is 17.5. The van der Waals surface area contributed by atoms with E-state index < -0.39 is 23.4 Å². The second-order valence-corrected chi connectivity index (χ2v) is 5.57. The maximum Gasteiger partial charge on any atom is 0.436 e. The van der Waals surface area contributed by atoms with Gasteiger partial charge in [-0.25, -0.2) is 4.79 Å². The lowest BCUT2D eigenvalue weighted by Crippen LogP contribution is -2.14. The number of rotatable bonds is 5. The minimum Gasteiger partial charge on any atom is -0.462 e. The number of carbonyl (C=O) groups excluding carboxylic acids is 1. The van der Waals surface area contributed by atoms with Crippen molar-refractivity contribution >= 4 is 21.9 Å². The van der Waals surface area contributed by atoms with E-state index in [0.717, 1.165) is 20.9 Å². The molecule has 0 unspecified atom stereocenters. The molecule has 4 nitrogen and oxygen atoms in total. The van der Waals surface area contributed by atoms with Crippen molar-refractivity contribution in [2.24, 2.45) is 0 Å². The number of carbonyl (C=O) groups is 1. The summed E-state index contributed by atoms with van der Waals surface area (Å²) in [6.07, 6.45) is -3.15. The molecule has 0 spiro atoms. The molecule has 2 aromatic rings. The summed E-state index contributed by atoms with van der Waals surface area (Å²) in [5.74, 6) is -1.02. The monoisotopic (exact) mass is 390 g/mol. The zero-order valence-corrected chi connectivity index (χ0v) is 13.8. The minimum atomic E-state index is -4.71. The number of halogens is 4. The lowest BCUT2D eigenvalue weighted by atomic mass is 10.1. The van der Waals surface area contributed by atoms with Gasteiger partial charge in [-0.15, -0.1) is 0 Å². The maximum atomic E-state index is 13.0. The van der Waals surface area contributed by atoms with Crippen molar-refractivity contribution < 1.29 is 22.7 Å². The third-order valence-electron chi connectivity index (χ3n) is 3.09. The van der Waals surface area contributed by atoms with Crippen LogP contribution in [0.3, 0.4) is 0 Å². The molecule has 23 heavy (non-hydrogen) atoms. The Morgan fingerprint density at radius 1 is 1.35 bits per heavy atom. The quantitative estimate of drug-likeness (QED) is 0.722. The van der Waals surface area contributed by atoms with Gasteiger partial charge in [-0.05, 0) is 25.0 Å². The standard InChI is InChI=1S/C15H14BrF3N2O2/c1-2-23-14(22)11-9-21(20-13(11)15(17,18)19)8-7-10-5-3-4-6-12(10)16/h3-6,9H,2,7-8H2,1H3. The normalized spacial score (nSPS) is 11.5. The summed E-state index contributed by atoms with van der Waals surface area (Å²) in [6, 6.07) is 7.41. The van der Waals surface area contributed by atoms with Gasteiger partial charge in [0.15, 0.2) is 5.69 Å². The van der Waals surface area contributed by atoms with Crippen LogP contribution < -0.4 is 0 Å². The fourth-order valence-corrected chi connectivity index (χ4v) is 2.52. The fraction of sp³-hybridized carbons (Fsp3) is 0.333. The zero-order chi connectivity index (χ0) is 17.0. The number of esters is 1. The van der Waals surface area contributed by atoms with Crippen molar-refractivity contribution in [1.82, 2.24) is 9.78 Å². The summed E-state index contributed by atoms with van der Waals surface area (Å²) in [6.45, 7) is 1.74. The van der Waals surface area contributed by atoms with E-state index in [1.807, 2.05) is 24.3 Å². The smallest absolute Gasteiger partial charge is 0.436 e. The second kappa shape index (κ2) is 7.16. The average Bonchev–Trinajstić information content (AvgIpc) is 2.91. The minimum absolute atomic E-state index is 0.00171. The molecular weight excluding hydrogens is 377 g/mol. The number of aryl methyl sites for hydroxylation is 2. The molecule has 0 saturated carbocycles. The molecule has 0 radical (unpaired) electrons. The Kier molecular flexibility index (Phi) is 5.46. The molecule has 0 saturated heterocycles. The number of hydrogen-bond donors (Lipinski definition) is 0. The maximum absolute atomic E-state index is 13.0. The van der Waals surface area contributed by atoms with Crippen LogP contribution >= 0.6 is 15.9 Å². The van der Waals surface area contributed by atoms with E-state index in [1.165, 1.54) is 6.92 Å². The van der Waals surface area contributed by atoms with Crippen molar-refractivity contribution in [2.45, 2.75) is 26.1 Å². The van der Waals surface area contributed by atoms with Gasteiger partial charge in [0.05, 0.1) is 6.61 Å². The highest BCUT2D eigenvalue weighted by Crippen LogP contribution is 2.31. The van der Waals surface area contributed by atoms with Crippen LogP contribution in [0.15, 0.2) is 34.9 Å². The Morgan fingerprint density at radius 3 is 2.65 bits per heavy atom. The summed E-state index contributed by atoms with van der Waals surface area (Å²) in [7, 11) is 0. The lowest BCUT2D eigenvalue weighted by molar-refractivity contribution is -0.142. The summed E-state index contributed by atoms with van der Waals surface area (Å²) < 4.78 is 45.6. The van der Waals surface area contributed by atoms with E-state index >= 15 is 0 Å². The van der Waals surface area contributed by atoms with Gasteiger partial charge in [-0.3, -0.25) is 4.68 Å². The second-order valence-electron chi connectivity index (χ2n) is 4.71. The van der Waals surface area contributed by atoms with E-state index in [4.69, 9.17) is 0 Å². The average molecular weight is 391 g/mol. The van der Waals surface area contributed by atoms with Crippen LogP contribution in [-0.4, -0.2) is 22.4 Å². The van der Waals surface area contributed by atoms with Gasteiger partial charge < -0.3 is 4.74 Å². The highest BCUT2D eigenvalue weighted by molar-refractivity contribution is 9.10. The molecule has 1 aromatic heterocycles. The molecule has 0 aliphatic heterocycles. The van der Waals surface area contributed by atoms with E-state index in [-0.39, 0.29) is 13.2 Å². The van der Waals surface area contributed by atoms with Gasteiger partial charge in [-0.2, -0.15) is 18.3 Å². The van der Waals surface area contributed by atoms with Crippen molar-refractivity contribution in [3.8, 4) is 0 Å². The summed E-state index contributed by atoms with van der Waals surface area (Å²) >= 11 is 3.38. The number of alkyl halides is 3. The van der Waals surface area contributed by atoms with E-state index in [9.17, 15) is 18.0 Å². The molecular formula is C15H14BrF3N2O2. The Balaban J connectivity index is 2.23. The van der Waals surface area contributed by atoms with Crippen LogP contribution in [0.2, 0.25) is 0 Å². The van der Waals surface area contributed by atoms with E-state index in [1.54, 1.807) is 0 Å². The van der Waals surface area contributed by atoms with Crippen LogP contribution in [-0.2, 0) is 23.9 Å². The number of aromatic nitrogens is 2. The Bertz CT molecular complexity index is 698. The van der Waals surface area contributed by atoms with Gasteiger partial charge in [0.1, 0.15) is 5.56 Å². The van der Waals surface area contributed by atoms with E-state index in [2.05, 4.69) is 25.8 Å². The van der Waals surface area contributed by atoms with Crippen molar-refractivity contribution in [1.29, 1.82) is 0 Å². The molecule has 2 rings (SSSR count). The van der Waals surface area contributed by atoms with Gasteiger partial charge in [0, 0.05) is 17.2 Å². The largest absolute Gasteiger partial charge is 0.462 e. The third-order valence-corrected chi connectivity index (χ3v) is 3.87. The molecule has 0 aliphatic carbocycles. The number of hydrogen-bond acceptors (Lipinski definition) is 3. The van der Waals surface area contributed by atoms with Crippen LogP contribution in [0.4, 0.5) is 13.2 Å². The van der Waals surface area contributed by atoms with Crippen LogP contribution in [0.1, 0.15) is 28.5 Å². The molecule has 0 N–H and O–H groups in total. The Labute approximate surface area is 139 Å². The highest BCUT2D eigenvalue weighted by atomic mass is 79.9. The first-order valence-electron chi connectivity index (χ1n) is 6.88. The number of benzene rings is 1. The van der Waals surface area contributed by atoms with Crippen LogP contribution in [0, 0.1) is 0 Å². The van der Waals surface area contributed by atoms with Gasteiger partial charge >= 0.3 is 12.1 Å². The molecule has 124 valence electrons. The predicted molar refractivity (Wildman–Crippen MR) is 81.0 cm³/mol. The third kappa shape index (κ3) is 4.34. The van der Waals surface area contributed by atoms with Crippen molar-refractivity contribution in [3.05, 3.63) is 51.8 Å². The van der Waals surface area contributed by atoms with Crippen LogP contribution in [0.25, 0.3) is 0 Å². The van der Waals surface area contributed by atoms with Gasteiger partial charge in [-0.1, -0.05) is 34.1 Å². The number of nitrogens with zero attached hydrogens (tertiary/aromatic N) is 2. The molecule has 0 bridgehead atoms. The molecule has 1 heterocycles. The van der Waals surface area contributed by atoms with Crippen molar-refractivity contribution in [2.75, 3.05) is 6.61 Å². The highest BCUT2D eigenvalue weighted by Gasteiger charge is 2.39. The Hall–Kier alpha value is -1.83. The molecule has 0 amide bonds. The van der Waals surface area contributed by atoms with Crippen molar-refractivity contribution in [3.63, 3.8) is 0 Å². The number of ether oxygens (including phenoxy) is 1. The van der Waals surface area contributed by atoms with Gasteiger partial charge in [0.25, 0.3) is 0 Å². The zero-order valence-electron chi connectivity index (χ0n) is 12.2. The lowest BCUT2D eigenvalue weighted by Gasteiger charge is -2.05. The fourth-order valence-electron chi connectivity index (χ4n) is 2.04. The molecule has 0 aliphatic rings. The molecule has 0 fully saturated rings. The molecule has 0 atom stereocenters. The summed E-state index contributed by atoms with van der Waals surface area (Å²) in [5, 5.41) is 3.51. The summed E-state index contributed by atoms with van der Waals surface area (Å²) in [5.41, 5.74) is -0.844. The summed E-state index contributed by atoms with van der Waals surface area (Å²) in [4.78, 5) is 11.7. The molecule has 1 aromatic carbocycles. The Morgan fingerprint density at radius 2 is 2.04 bits per heavy atom. The van der Waals surface area contributed by atoms with Gasteiger partial charge in [0.2, 0.25) is 0 Å². The predicted octanol–water partition coefficient (Wildman–Crippen LogP) is 4.08. The molecule has 8 heteroatoms. The first-order chi connectivity index (χ1) is 10.8. The topological polar surface area (TPSA) is 44.1 Å².